The van der Waals surface area contributed by atoms with Gasteiger partial charge in [0.25, 0.3) is 0 Å². The van der Waals surface area contributed by atoms with Gasteiger partial charge in [-0.05, 0) is 23.8 Å². The summed E-state index contributed by atoms with van der Waals surface area (Å²) in [5, 5.41) is 5.46. The molecule has 0 aliphatic carbocycles. The summed E-state index contributed by atoms with van der Waals surface area (Å²) < 4.78 is 0. The average molecular weight is 375 g/mol. The van der Waals surface area contributed by atoms with Crippen molar-refractivity contribution in [3.05, 3.63) is 55.2 Å². The quantitative estimate of drug-likeness (QED) is 0.719. The first kappa shape index (κ1) is 17.5. The number of Topliss-reactive ketones (excluding diaryl/α,β-unsaturated/α-hetero) is 1. The minimum Gasteiger partial charge on any atom is -0.333 e. The highest BCUT2D eigenvalue weighted by molar-refractivity contribution is 5.99. The molecule has 9 heteroatoms. The molecule has 4 rings (SSSR count). The summed E-state index contributed by atoms with van der Waals surface area (Å²) in [5.41, 5.74) is 2.37. The minimum atomic E-state index is -0.427. The topological polar surface area (TPSA) is 113 Å². The van der Waals surface area contributed by atoms with Crippen LogP contribution in [-0.2, 0) is 4.79 Å². The summed E-state index contributed by atoms with van der Waals surface area (Å²) in [6, 6.07) is 8.54. The molecule has 0 atom stereocenters. The zero-order valence-electron chi connectivity index (χ0n) is 14.9. The van der Waals surface area contributed by atoms with E-state index in [1.54, 1.807) is 35.6 Å². The molecule has 28 heavy (non-hydrogen) atoms. The fraction of sp³-hybridized carbons (Fsp3) is 0.158. The molecule has 140 valence electrons. The van der Waals surface area contributed by atoms with Crippen LogP contribution >= 0.6 is 0 Å². The lowest BCUT2D eigenvalue weighted by atomic mass is 10.1. The SMILES string of the molecule is O=C1CCN(c2nccc(NC(=O)Nc3cccc(-c4cncnc4)c3)n2)C1. The number of anilines is 3. The smallest absolute Gasteiger partial charge is 0.324 e. The molecule has 9 nitrogen and oxygen atoms in total. The number of rotatable bonds is 4. The fourth-order valence-corrected chi connectivity index (χ4v) is 2.88. The van der Waals surface area contributed by atoms with Gasteiger partial charge >= 0.3 is 6.03 Å². The summed E-state index contributed by atoms with van der Waals surface area (Å²) >= 11 is 0. The van der Waals surface area contributed by atoms with Gasteiger partial charge in [0.1, 0.15) is 12.1 Å². The Kier molecular flexibility index (Phi) is 4.87. The van der Waals surface area contributed by atoms with Gasteiger partial charge in [0.2, 0.25) is 5.95 Å². The molecule has 2 amide bonds. The lowest BCUT2D eigenvalue weighted by molar-refractivity contribution is -0.116. The van der Waals surface area contributed by atoms with Crippen LogP contribution in [0.2, 0.25) is 0 Å². The third kappa shape index (κ3) is 4.09. The number of carbonyl (C=O) groups excluding carboxylic acids is 2. The van der Waals surface area contributed by atoms with Gasteiger partial charge in [0, 0.05) is 42.8 Å². The van der Waals surface area contributed by atoms with Crippen molar-refractivity contribution in [2.24, 2.45) is 0 Å². The maximum Gasteiger partial charge on any atom is 0.324 e. The lowest BCUT2D eigenvalue weighted by Gasteiger charge is -2.15. The van der Waals surface area contributed by atoms with Crippen molar-refractivity contribution in [1.82, 2.24) is 19.9 Å². The number of carbonyl (C=O) groups is 2. The third-order valence-electron chi connectivity index (χ3n) is 4.21. The molecule has 0 saturated carbocycles. The van der Waals surface area contributed by atoms with Crippen LogP contribution in [0, 0.1) is 0 Å². The van der Waals surface area contributed by atoms with E-state index in [0.717, 1.165) is 11.1 Å². The van der Waals surface area contributed by atoms with Gasteiger partial charge in [-0.3, -0.25) is 10.1 Å². The highest BCUT2D eigenvalue weighted by Crippen LogP contribution is 2.21. The summed E-state index contributed by atoms with van der Waals surface area (Å²) in [6.45, 7) is 0.885. The van der Waals surface area contributed by atoms with E-state index in [4.69, 9.17) is 0 Å². The number of hydrogen-bond acceptors (Lipinski definition) is 7. The molecule has 1 fully saturated rings. The van der Waals surface area contributed by atoms with Gasteiger partial charge < -0.3 is 10.2 Å². The van der Waals surface area contributed by atoms with Gasteiger partial charge in [-0.15, -0.1) is 0 Å². The Morgan fingerprint density at radius 3 is 2.71 bits per heavy atom. The Hall–Kier alpha value is -3.88. The molecule has 3 heterocycles. The predicted octanol–water partition coefficient (Wildman–Crippen LogP) is 2.36. The van der Waals surface area contributed by atoms with Crippen LogP contribution in [0.5, 0.6) is 0 Å². The summed E-state index contributed by atoms with van der Waals surface area (Å²) in [7, 11) is 0. The van der Waals surface area contributed by atoms with Crippen LogP contribution < -0.4 is 15.5 Å². The van der Waals surface area contributed by atoms with Crippen molar-refractivity contribution in [2.45, 2.75) is 6.42 Å². The lowest BCUT2D eigenvalue weighted by Crippen LogP contribution is -2.24. The molecule has 1 aliphatic heterocycles. The number of nitrogens with zero attached hydrogens (tertiary/aromatic N) is 5. The monoisotopic (exact) mass is 375 g/mol. The number of ketones is 1. The van der Waals surface area contributed by atoms with Gasteiger partial charge in [0.05, 0.1) is 6.54 Å². The molecule has 0 bridgehead atoms. The molecule has 2 N–H and O–H groups in total. The van der Waals surface area contributed by atoms with Gasteiger partial charge in [0.15, 0.2) is 5.78 Å². The van der Waals surface area contributed by atoms with E-state index in [9.17, 15) is 9.59 Å². The number of amides is 2. The van der Waals surface area contributed by atoms with E-state index in [0.29, 0.717) is 37.0 Å². The summed E-state index contributed by atoms with van der Waals surface area (Å²) in [5.74, 6) is 0.938. The Balaban J connectivity index is 1.43. The van der Waals surface area contributed by atoms with E-state index in [1.807, 2.05) is 18.2 Å². The van der Waals surface area contributed by atoms with Crippen LogP contribution in [0.1, 0.15) is 6.42 Å². The number of hydrogen-bond donors (Lipinski definition) is 2. The molecular formula is C19H17N7O2. The average Bonchev–Trinajstić information content (AvgIpc) is 3.15. The number of benzene rings is 1. The Morgan fingerprint density at radius 2 is 1.93 bits per heavy atom. The first-order chi connectivity index (χ1) is 13.7. The first-order valence-corrected chi connectivity index (χ1v) is 8.70. The molecule has 0 radical (unpaired) electrons. The second kappa shape index (κ2) is 7.78. The van der Waals surface area contributed by atoms with E-state index < -0.39 is 6.03 Å². The predicted molar refractivity (Wildman–Crippen MR) is 104 cm³/mol. The van der Waals surface area contributed by atoms with Crippen LogP contribution in [-0.4, -0.2) is 44.8 Å². The number of aromatic nitrogens is 4. The second-order valence-corrected chi connectivity index (χ2v) is 6.24. The largest absolute Gasteiger partial charge is 0.333 e. The van der Waals surface area contributed by atoms with E-state index >= 15 is 0 Å². The zero-order valence-corrected chi connectivity index (χ0v) is 14.9. The van der Waals surface area contributed by atoms with Gasteiger partial charge in [-0.1, -0.05) is 12.1 Å². The third-order valence-corrected chi connectivity index (χ3v) is 4.21. The van der Waals surface area contributed by atoms with Crippen molar-refractivity contribution in [3.63, 3.8) is 0 Å². The van der Waals surface area contributed by atoms with E-state index in [-0.39, 0.29) is 5.78 Å². The highest BCUT2D eigenvalue weighted by atomic mass is 16.2. The molecule has 1 saturated heterocycles. The standard InChI is InChI=1S/C19H17N7O2/c27-16-5-7-26(11-16)18-22-6-4-17(24-18)25-19(28)23-15-3-1-2-13(8-15)14-9-20-12-21-10-14/h1-4,6,8-10,12H,5,7,11H2,(H2,22,23,24,25,28). The van der Waals surface area contributed by atoms with Crippen molar-refractivity contribution in [2.75, 3.05) is 28.6 Å². The second-order valence-electron chi connectivity index (χ2n) is 6.24. The highest BCUT2D eigenvalue weighted by Gasteiger charge is 2.21. The summed E-state index contributed by atoms with van der Waals surface area (Å²) in [4.78, 5) is 42.1. The summed E-state index contributed by atoms with van der Waals surface area (Å²) in [6.07, 6.45) is 6.92. The molecule has 1 aromatic carbocycles. The van der Waals surface area contributed by atoms with Crippen LogP contribution in [0.15, 0.2) is 55.2 Å². The Labute approximate surface area is 160 Å². The van der Waals surface area contributed by atoms with Gasteiger partial charge in [-0.2, -0.15) is 4.98 Å². The van der Waals surface area contributed by atoms with E-state index in [1.165, 1.54) is 6.33 Å². The number of nitrogens with one attached hydrogen (secondary N) is 2. The van der Waals surface area contributed by atoms with Crippen LogP contribution in [0.3, 0.4) is 0 Å². The molecule has 0 spiro atoms. The molecule has 2 aromatic heterocycles. The van der Waals surface area contributed by atoms with E-state index in [2.05, 4.69) is 30.6 Å². The zero-order chi connectivity index (χ0) is 19.3. The molecule has 1 aliphatic rings. The molecular weight excluding hydrogens is 358 g/mol. The van der Waals surface area contributed by atoms with Crippen molar-refractivity contribution < 1.29 is 9.59 Å². The Morgan fingerprint density at radius 1 is 1.07 bits per heavy atom. The maximum absolute atomic E-state index is 12.3. The minimum absolute atomic E-state index is 0.156. The molecule has 3 aromatic rings. The maximum atomic E-state index is 12.3. The fourth-order valence-electron chi connectivity index (χ4n) is 2.88. The van der Waals surface area contributed by atoms with Crippen molar-refractivity contribution in [3.8, 4) is 11.1 Å². The molecule has 0 unspecified atom stereocenters. The van der Waals surface area contributed by atoms with Crippen LogP contribution in [0.4, 0.5) is 22.2 Å². The normalized spacial score (nSPS) is 13.4. The van der Waals surface area contributed by atoms with Crippen molar-refractivity contribution in [1.29, 1.82) is 0 Å². The first-order valence-electron chi connectivity index (χ1n) is 8.70. The van der Waals surface area contributed by atoms with Crippen LogP contribution in [0.25, 0.3) is 11.1 Å². The Bertz CT molecular complexity index is 1010. The van der Waals surface area contributed by atoms with Gasteiger partial charge in [-0.25, -0.2) is 19.7 Å². The number of urea groups is 1. The van der Waals surface area contributed by atoms with Crippen molar-refractivity contribution >= 4 is 29.3 Å².